The van der Waals surface area contributed by atoms with Gasteiger partial charge in [0.1, 0.15) is 6.54 Å². The first-order valence-corrected chi connectivity index (χ1v) is 9.66. The molecule has 0 radical (unpaired) electrons. The standard InChI is InChI=1S/C19H15BrN2O5S/c1-27-15-7-11(13(20)9-14(15)23)8-16-18(25)22(19(26)28-16)10-17(24)21-12-5-3-2-4-6-12/h2-9,23H,10H2,1H3,(H,21,24)/b16-8-. The molecule has 0 bridgehead atoms. The molecule has 7 nitrogen and oxygen atoms in total. The van der Waals surface area contributed by atoms with Crippen LogP contribution in [0.1, 0.15) is 5.56 Å². The summed E-state index contributed by atoms with van der Waals surface area (Å²) in [5, 5.41) is 11.9. The van der Waals surface area contributed by atoms with Gasteiger partial charge in [-0.2, -0.15) is 0 Å². The Bertz CT molecular complexity index is 978. The average Bonchev–Trinajstić information content (AvgIpc) is 2.92. The number of nitrogens with zero attached hydrogens (tertiary/aromatic N) is 1. The van der Waals surface area contributed by atoms with E-state index in [0.29, 0.717) is 15.7 Å². The number of anilines is 1. The van der Waals surface area contributed by atoms with Crippen molar-refractivity contribution in [2.24, 2.45) is 0 Å². The van der Waals surface area contributed by atoms with E-state index in [4.69, 9.17) is 4.74 Å². The maximum absolute atomic E-state index is 12.6. The van der Waals surface area contributed by atoms with Crippen LogP contribution in [0.5, 0.6) is 11.5 Å². The number of para-hydroxylation sites is 1. The number of rotatable bonds is 5. The van der Waals surface area contributed by atoms with Crippen LogP contribution in [0.4, 0.5) is 10.5 Å². The highest BCUT2D eigenvalue weighted by Crippen LogP contribution is 2.37. The van der Waals surface area contributed by atoms with E-state index in [0.717, 1.165) is 16.7 Å². The lowest BCUT2D eigenvalue weighted by atomic mass is 10.2. The van der Waals surface area contributed by atoms with Gasteiger partial charge in [-0.3, -0.25) is 19.3 Å². The van der Waals surface area contributed by atoms with E-state index in [9.17, 15) is 19.5 Å². The van der Waals surface area contributed by atoms with Crippen molar-refractivity contribution in [1.29, 1.82) is 0 Å². The third-order valence-electron chi connectivity index (χ3n) is 3.82. The first-order chi connectivity index (χ1) is 13.4. The second-order valence-electron chi connectivity index (χ2n) is 5.73. The number of hydrogen-bond acceptors (Lipinski definition) is 6. The SMILES string of the molecule is COc1cc(/C=C2\SC(=O)N(CC(=O)Nc3ccccc3)C2=O)c(Br)cc1O. The maximum Gasteiger partial charge on any atom is 0.294 e. The average molecular weight is 463 g/mol. The van der Waals surface area contributed by atoms with E-state index >= 15 is 0 Å². The zero-order valence-electron chi connectivity index (χ0n) is 14.6. The van der Waals surface area contributed by atoms with Crippen LogP contribution in [-0.4, -0.2) is 40.7 Å². The van der Waals surface area contributed by atoms with Gasteiger partial charge in [0, 0.05) is 10.2 Å². The lowest BCUT2D eigenvalue weighted by Gasteiger charge is -2.12. The highest BCUT2D eigenvalue weighted by atomic mass is 79.9. The summed E-state index contributed by atoms with van der Waals surface area (Å²) in [5.74, 6) is -0.854. The molecule has 0 aliphatic carbocycles. The molecule has 1 heterocycles. The second kappa shape index (κ2) is 8.49. The molecule has 1 aliphatic rings. The lowest BCUT2D eigenvalue weighted by molar-refractivity contribution is -0.127. The van der Waals surface area contributed by atoms with Gasteiger partial charge in [-0.15, -0.1) is 0 Å². The summed E-state index contributed by atoms with van der Waals surface area (Å²) in [4.78, 5) is 38.0. The summed E-state index contributed by atoms with van der Waals surface area (Å²) < 4.78 is 5.59. The molecule has 2 aromatic rings. The van der Waals surface area contributed by atoms with Gasteiger partial charge >= 0.3 is 0 Å². The summed E-state index contributed by atoms with van der Waals surface area (Å²) in [6.45, 7) is -0.378. The molecule has 2 aromatic carbocycles. The molecule has 144 valence electrons. The number of imide groups is 1. The summed E-state index contributed by atoms with van der Waals surface area (Å²) in [6, 6.07) is 11.7. The van der Waals surface area contributed by atoms with Crippen LogP contribution < -0.4 is 10.1 Å². The Labute approximate surface area is 173 Å². The molecule has 0 saturated carbocycles. The molecule has 9 heteroatoms. The number of hydrogen-bond donors (Lipinski definition) is 2. The van der Waals surface area contributed by atoms with E-state index < -0.39 is 17.1 Å². The van der Waals surface area contributed by atoms with Gasteiger partial charge in [-0.1, -0.05) is 34.1 Å². The van der Waals surface area contributed by atoms with Crippen molar-refractivity contribution < 1.29 is 24.2 Å². The minimum Gasteiger partial charge on any atom is -0.504 e. The van der Waals surface area contributed by atoms with Crippen molar-refractivity contribution in [3.05, 3.63) is 57.4 Å². The number of phenolic OH excluding ortho intramolecular Hbond substituents is 1. The van der Waals surface area contributed by atoms with Crippen LogP contribution in [0.15, 0.2) is 51.8 Å². The first-order valence-electron chi connectivity index (χ1n) is 8.06. The van der Waals surface area contributed by atoms with Crippen LogP contribution >= 0.6 is 27.7 Å². The zero-order valence-corrected chi connectivity index (χ0v) is 17.0. The Kier molecular flexibility index (Phi) is 6.05. The molecule has 3 rings (SSSR count). The Morgan fingerprint density at radius 1 is 1.29 bits per heavy atom. The normalized spacial score (nSPS) is 15.2. The smallest absolute Gasteiger partial charge is 0.294 e. The number of halogens is 1. The van der Waals surface area contributed by atoms with Crippen molar-refractivity contribution in [2.75, 3.05) is 19.0 Å². The fourth-order valence-electron chi connectivity index (χ4n) is 2.48. The summed E-state index contributed by atoms with van der Waals surface area (Å²) in [5.41, 5.74) is 1.13. The fraction of sp³-hybridized carbons (Fsp3) is 0.105. The molecule has 0 atom stereocenters. The van der Waals surface area contributed by atoms with E-state index in [2.05, 4.69) is 21.2 Å². The number of carbonyl (C=O) groups is 3. The number of nitrogens with one attached hydrogen (secondary N) is 1. The molecule has 1 aliphatic heterocycles. The Morgan fingerprint density at radius 2 is 2.00 bits per heavy atom. The fourth-order valence-corrected chi connectivity index (χ4v) is 3.75. The highest BCUT2D eigenvalue weighted by Gasteiger charge is 2.36. The van der Waals surface area contributed by atoms with Crippen LogP contribution in [0, 0.1) is 0 Å². The number of benzene rings is 2. The van der Waals surface area contributed by atoms with Crippen LogP contribution in [-0.2, 0) is 9.59 Å². The molecule has 1 saturated heterocycles. The third-order valence-corrected chi connectivity index (χ3v) is 5.41. The molecule has 1 fully saturated rings. The quantitative estimate of drug-likeness (QED) is 0.655. The van der Waals surface area contributed by atoms with E-state index in [1.54, 1.807) is 24.3 Å². The number of aromatic hydroxyl groups is 1. The van der Waals surface area contributed by atoms with Gasteiger partial charge in [0.05, 0.1) is 12.0 Å². The highest BCUT2D eigenvalue weighted by molar-refractivity contribution is 9.10. The second-order valence-corrected chi connectivity index (χ2v) is 7.58. The molecular formula is C19H15BrN2O5S. The Morgan fingerprint density at radius 3 is 2.68 bits per heavy atom. The van der Waals surface area contributed by atoms with Gasteiger partial charge in [-0.25, -0.2) is 0 Å². The number of amides is 3. The van der Waals surface area contributed by atoms with Gasteiger partial charge < -0.3 is 15.2 Å². The Balaban J connectivity index is 1.76. The molecule has 28 heavy (non-hydrogen) atoms. The van der Waals surface area contributed by atoms with Crippen LogP contribution in [0.25, 0.3) is 6.08 Å². The van der Waals surface area contributed by atoms with Gasteiger partial charge in [0.15, 0.2) is 11.5 Å². The van der Waals surface area contributed by atoms with Crippen molar-refractivity contribution in [1.82, 2.24) is 4.90 Å². The van der Waals surface area contributed by atoms with Gasteiger partial charge in [0.25, 0.3) is 11.1 Å². The minimum atomic E-state index is -0.558. The minimum absolute atomic E-state index is 0.0581. The van der Waals surface area contributed by atoms with Crippen LogP contribution in [0.2, 0.25) is 0 Å². The van der Waals surface area contributed by atoms with Gasteiger partial charge in [-0.05, 0) is 47.7 Å². The largest absolute Gasteiger partial charge is 0.504 e. The third kappa shape index (κ3) is 4.37. The van der Waals surface area contributed by atoms with Crippen molar-refractivity contribution in [2.45, 2.75) is 0 Å². The van der Waals surface area contributed by atoms with Crippen LogP contribution in [0.3, 0.4) is 0 Å². The Hall–Kier alpha value is -2.78. The number of thioether (sulfide) groups is 1. The summed E-state index contributed by atoms with van der Waals surface area (Å²) in [6.07, 6.45) is 1.51. The molecule has 0 aromatic heterocycles. The van der Waals surface area contributed by atoms with Crippen molar-refractivity contribution in [3.63, 3.8) is 0 Å². The topological polar surface area (TPSA) is 95.9 Å². The molecule has 3 amide bonds. The molecule has 0 spiro atoms. The number of ether oxygens (including phenoxy) is 1. The number of carbonyl (C=O) groups excluding carboxylic acids is 3. The molecule has 2 N–H and O–H groups in total. The molecule has 0 unspecified atom stereocenters. The maximum atomic E-state index is 12.6. The predicted octanol–water partition coefficient (Wildman–Crippen LogP) is 3.84. The number of phenols is 1. The predicted molar refractivity (Wildman–Crippen MR) is 110 cm³/mol. The van der Waals surface area contributed by atoms with Crippen molar-refractivity contribution in [3.8, 4) is 11.5 Å². The molecular weight excluding hydrogens is 448 g/mol. The van der Waals surface area contributed by atoms with E-state index in [-0.39, 0.29) is 22.9 Å². The zero-order chi connectivity index (χ0) is 20.3. The van der Waals surface area contributed by atoms with Gasteiger partial charge in [0.2, 0.25) is 5.91 Å². The lowest BCUT2D eigenvalue weighted by Crippen LogP contribution is -2.36. The first kappa shape index (κ1) is 20.0. The van der Waals surface area contributed by atoms with E-state index in [1.807, 2.05) is 6.07 Å². The van der Waals surface area contributed by atoms with E-state index in [1.165, 1.54) is 25.3 Å². The summed E-state index contributed by atoms with van der Waals surface area (Å²) in [7, 11) is 1.41. The van der Waals surface area contributed by atoms with Crippen molar-refractivity contribution >= 4 is 56.5 Å². The number of methoxy groups -OCH3 is 1. The summed E-state index contributed by atoms with van der Waals surface area (Å²) >= 11 is 4.05. The monoisotopic (exact) mass is 462 g/mol.